The van der Waals surface area contributed by atoms with Crippen molar-refractivity contribution in [3.05, 3.63) is 77.9 Å². The standard InChI is InChI=1S/C26H29N5O5/c1-33-23-8-7-21-25(30-23)18(9-10-29-21)11-19(27)12-28-13-20-14-31(26(32)35-20)24-16-34-15-22(36-24)17-5-3-2-4-6-17/h2-3,5,7-10,15-16,19-20,28H,4,6,11-14,27H2,1H3/t19-,20-/m1/s1. The molecule has 5 rings (SSSR count). The van der Waals surface area contributed by atoms with E-state index in [0.717, 1.165) is 35.0 Å². The fraction of sp³-hybridized carbons (Fsp3) is 0.346. The molecule has 3 aliphatic rings. The number of rotatable bonds is 9. The van der Waals surface area contributed by atoms with E-state index in [9.17, 15) is 4.79 Å². The summed E-state index contributed by atoms with van der Waals surface area (Å²) in [5.74, 6) is 1.46. The van der Waals surface area contributed by atoms with Crippen LogP contribution in [-0.2, 0) is 20.6 Å². The number of nitrogens with two attached hydrogens (primary N) is 1. The maximum Gasteiger partial charge on any atom is 0.417 e. The Morgan fingerprint density at radius 2 is 2.22 bits per heavy atom. The minimum Gasteiger partial charge on any atom is -0.481 e. The lowest BCUT2D eigenvalue weighted by molar-refractivity contribution is 0.118. The number of aromatic nitrogens is 2. The summed E-state index contributed by atoms with van der Waals surface area (Å²) in [6, 6.07) is 5.43. The molecule has 2 atom stereocenters. The molecule has 0 saturated carbocycles. The zero-order valence-corrected chi connectivity index (χ0v) is 20.1. The minimum absolute atomic E-state index is 0.167. The lowest BCUT2D eigenvalue weighted by atomic mass is 10.0. The number of nitrogens with zero attached hydrogens (tertiary/aromatic N) is 3. The molecule has 0 spiro atoms. The van der Waals surface area contributed by atoms with Gasteiger partial charge in [0.1, 0.15) is 12.4 Å². The molecule has 1 saturated heterocycles. The number of methoxy groups -OCH3 is 1. The first-order chi connectivity index (χ1) is 17.6. The van der Waals surface area contributed by atoms with Crippen LogP contribution >= 0.6 is 0 Å². The first kappa shape index (κ1) is 23.8. The van der Waals surface area contributed by atoms with Crippen molar-refractivity contribution in [1.29, 1.82) is 0 Å². The highest BCUT2D eigenvalue weighted by atomic mass is 16.6. The Labute approximate surface area is 209 Å². The Hall–Kier alpha value is -3.89. The predicted molar refractivity (Wildman–Crippen MR) is 132 cm³/mol. The molecule has 10 heteroatoms. The van der Waals surface area contributed by atoms with E-state index in [1.807, 2.05) is 24.3 Å². The summed E-state index contributed by atoms with van der Waals surface area (Å²) in [5, 5.41) is 3.31. The highest BCUT2D eigenvalue weighted by molar-refractivity contribution is 5.78. The second-order valence-electron chi connectivity index (χ2n) is 8.77. The summed E-state index contributed by atoms with van der Waals surface area (Å²) in [6.45, 7) is 1.35. The van der Waals surface area contributed by atoms with E-state index in [0.29, 0.717) is 43.6 Å². The van der Waals surface area contributed by atoms with E-state index in [4.69, 9.17) is 24.7 Å². The van der Waals surface area contributed by atoms with Crippen molar-refractivity contribution in [2.24, 2.45) is 5.73 Å². The molecular formula is C26H29N5O5. The molecule has 2 aromatic rings. The topological polar surface area (TPSA) is 121 Å². The van der Waals surface area contributed by atoms with Crippen LogP contribution in [0.2, 0.25) is 0 Å². The number of carbonyl (C=O) groups excluding carboxylic acids is 1. The second-order valence-corrected chi connectivity index (χ2v) is 8.77. The molecule has 36 heavy (non-hydrogen) atoms. The number of carbonyl (C=O) groups is 1. The molecule has 3 N–H and O–H groups in total. The third-order valence-corrected chi connectivity index (χ3v) is 6.14. The summed E-state index contributed by atoms with van der Waals surface area (Å²) in [4.78, 5) is 22.8. The second kappa shape index (κ2) is 10.8. The van der Waals surface area contributed by atoms with Gasteiger partial charge in [-0.1, -0.05) is 18.2 Å². The van der Waals surface area contributed by atoms with Crippen LogP contribution in [0.15, 0.2) is 72.4 Å². The van der Waals surface area contributed by atoms with Crippen molar-refractivity contribution < 1.29 is 23.7 Å². The number of hydrogen-bond acceptors (Lipinski definition) is 9. The Balaban J connectivity index is 1.12. The van der Waals surface area contributed by atoms with Gasteiger partial charge in [-0.25, -0.2) is 14.7 Å². The Morgan fingerprint density at radius 1 is 1.31 bits per heavy atom. The smallest absolute Gasteiger partial charge is 0.417 e. The fourth-order valence-corrected chi connectivity index (χ4v) is 4.31. The van der Waals surface area contributed by atoms with Gasteiger partial charge in [0.25, 0.3) is 0 Å². The van der Waals surface area contributed by atoms with Crippen molar-refractivity contribution in [2.75, 3.05) is 26.7 Å². The number of nitrogens with one attached hydrogen (secondary N) is 1. The highest BCUT2D eigenvalue weighted by Crippen LogP contribution is 2.29. The fourth-order valence-electron chi connectivity index (χ4n) is 4.31. The molecule has 0 unspecified atom stereocenters. The highest BCUT2D eigenvalue weighted by Gasteiger charge is 2.36. The quantitative estimate of drug-likeness (QED) is 0.545. The van der Waals surface area contributed by atoms with Crippen LogP contribution in [0.4, 0.5) is 4.79 Å². The number of allylic oxidation sites excluding steroid dienone is 4. The molecular weight excluding hydrogens is 462 g/mol. The van der Waals surface area contributed by atoms with Gasteiger partial charge in [-0.2, -0.15) is 0 Å². The third kappa shape index (κ3) is 5.34. The normalized spacial score (nSPS) is 20.2. The molecule has 10 nitrogen and oxygen atoms in total. The van der Waals surface area contributed by atoms with Crippen molar-refractivity contribution in [3.8, 4) is 5.88 Å². The number of cyclic esters (lactones) is 1. The van der Waals surface area contributed by atoms with E-state index in [1.54, 1.807) is 25.6 Å². The molecule has 1 aliphatic carbocycles. The molecule has 0 aromatic carbocycles. The minimum atomic E-state index is -0.469. The van der Waals surface area contributed by atoms with Gasteiger partial charge in [0.2, 0.25) is 11.8 Å². The number of pyridine rings is 2. The molecule has 1 amide bonds. The van der Waals surface area contributed by atoms with E-state index < -0.39 is 6.09 Å². The van der Waals surface area contributed by atoms with Gasteiger partial charge in [-0.15, -0.1) is 0 Å². The van der Waals surface area contributed by atoms with Gasteiger partial charge in [0.05, 0.1) is 24.7 Å². The third-order valence-electron chi connectivity index (χ3n) is 6.14. The van der Waals surface area contributed by atoms with Crippen LogP contribution in [0.3, 0.4) is 0 Å². The average molecular weight is 492 g/mol. The van der Waals surface area contributed by atoms with E-state index in [1.165, 1.54) is 11.2 Å². The van der Waals surface area contributed by atoms with Crippen molar-refractivity contribution in [1.82, 2.24) is 20.2 Å². The van der Waals surface area contributed by atoms with Crippen LogP contribution in [0.5, 0.6) is 5.88 Å². The average Bonchev–Trinajstić information content (AvgIpc) is 3.29. The molecule has 4 heterocycles. The van der Waals surface area contributed by atoms with E-state index >= 15 is 0 Å². The molecule has 2 aliphatic heterocycles. The van der Waals surface area contributed by atoms with Crippen LogP contribution < -0.4 is 15.8 Å². The largest absolute Gasteiger partial charge is 0.481 e. The van der Waals surface area contributed by atoms with Gasteiger partial charge in [-0.3, -0.25) is 4.98 Å². The maximum absolute atomic E-state index is 12.5. The first-order valence-electron chi connectivity index (χ1n) is 11.9. The van der Waals surface area contributed by atoms with Crippen LogP contribution in [0.25, 0.3) is 11.0 Å². The van der Waals surface area contributed by atoms with Gasteiger partial charge < -0.3 is 30.0 Å². The van der Waals surface area contributed by atoms with Gasteiger partial charge in [0, 0.05) is 31.4 Å². The summed E-state index contributed by atoms with van der Waals surface area (Å²) in [6.07, 6.45) is 12.4. The number of fused-ring (bicyclic) bond motifs is 1. The van der Waals surface area contributed by atoms with Gasteiger partial charge >= 0.3 is 6.09 Å². The molecule has 0 radical (unpaired) electrons. The van der Waals surface area contributed by atoms with Crippen molar-refractivity contribution in [3.63, 3.8) is 0 Å². The maximum atomic E-state index is 12.5. The number of amides is 1. The van der Waals surface area contributed by atoms with E-state index in [2.05, 4.69) is 21.4 Å². The monoisotopic (exact) mass is 491 g/mol. The van der Waals surface area contributed by atoms with Crippen LogP contribution in [0.1, 0.15) is 18.4 Å². The summed E-state index contributed by atoms with van der Waals surface area (Å²) in [7, 11) is 1.59. The summed E-state index contributed by atoms with van der Waals surface area (Å²) in [5.41, 5.74) is 9.99. The zero-order chi connectivity index (χ0) is 24.9. The van der Waals surface area contributed by atoms with Crippen molar-refractivity contribution in [2.45, 2.75) is 31.4 Å². The Bertz CT molecular complexity index is 1250. The SMILES string of the molecule is COc1ccc2nccc(C[C@@H](N)CNC[C@@H]3CN(C4=COC=C(C5=CC=CCC5)O4)C(=O)O3)c2n1. The van der Waals surface area contributed by atoms with Gasteiger partial charge in [0.15, 0.2) is 12.0 Å². The first-order valence-corrected chi connectivity index (χ1v) is 11.9. The number of hydrogen-bond donors (Lipinski definition) is 2. The van der Waals surface area contributed by atoms with E-state index in [-0.39, 0.29) is 12.1 Å². The van der Waals surface area contributed by atoms with Crippen LogP contribution in [-0.4, -0.2) is 59.9 Å². The summed E-state index contributed by atoms with van der Waals surface area (Å²) >= 11 is 0. The van der Waals surface area contributed by atoms with Gasteiger partial charge in [-0.05, 0) is 42.5 Å². The lowest BCUT2D eigenvalue weighted by Crippen LogP contribution is -2.40. The molecule has 1 fully saturated rings. The number of ether oxygens (including phenoxy) is 4. The van der Waals surface area contributed by atoms with Crippen LogP contribution in [0, 0.1) is 0 Å². The van der Waals surface area contributed by atoms with Crippen molar-refractivity contribution >= 4 is 17.1 Å². The molecule has 0 bridgehead atoms. The predicted octanol–water partition coefficient (Wildman–Crippen LogP) is 2.88. The Kier molecular flexibility index (Phi) is 7.15. The molecule has 2 aromatic heterocycles. The molecule has 188 valence electrons. The summed E-state index contributed by atoms with van der Waals surface area (Å²) < 4.78 is 22.2. The zero-order valence-electron chi connectivity index (χ0n) is 20.1. The lowest BCUT2D eigenvalue weighted by Gasteiger charge is -2.23. The Morgan fingerprint density at radius 3 is 3.06 bits per heavy atom.